The first-order valence-corrected chi connectivity index (χ1v) is 3.27. The van der Waals surface area contributed by atoms with Gasteiger partial charge in [0.1, 0.15) is 12.9 Å². The Kier molecular flexibility index (Phi) is 5.98. The van der Waals surface area contributed by atoms with Crippen LogP contribution in [0.5, 0.6) is 0 Å². The van der Waals surface area contributed by atoms with Gasteiger partial charge < -0.3 is 9.84 Å². The van der Waals surface area contributed by atoms with Crippen molar-refractivity contribution in [3.63, 3.8) is 0 Å². The summed E-state index contributed by atoms with van der Waals surface area (Å²) in [5.41, 5.74) is 0. The number of rotatable bonds is 1. The van der Waals surface area contributed by atoms with E-state index in [0.717, 1.165) is 0 Å². The normalized spacial score (nSPS) is 12.8. The lowest BCUT2D eigenvalue weighted by Gasteiger charge is -1.94. The van der Waals surface area contributed by atoms with Crippen LogP contribution in [-0.4, -0.2) is 23.9 Å². The van der Waals surface area contributed by atoms with Gasteiger partial charge in [0.05, 0.1) is 6.20 Å². The largest absolute Gasteiger partial charge is 0.494 e. The van der Waals surface area contributed by atoms with Gasteiger partial charge in [0.15, 0.2) is 0 Å². The van der Waals surface area contributed by atoms with Crippen LogP contribution in [0, 0.1) is 0 Å². The second-order valence-electron chi connectivity index (χ2n) is 1.70. The van der Waals surface area contributed by atoms with Gasteiger partial charge >= 0.3 is 5.97 Å². The minimum atomic E-state index is -0.745. The zero-order valence-corrected chi connectivity index (χ0v) is 6.36. The average molecular weight is 157 g/mol. The van der Waals surface area contributed by atoms with E-state index in [1.807, 2.05) is 0 Å². The molecule has 1 heterocycles. The minimum Gasteiger partial charge on any atom is -0.494 e. The average Bonchev–Trinajstić information content (AvgIpc) is 2.09. The predicted molar refractivity (Wildman–Crippen MR) is 41.5 cm³/mol. The molecule has 0 radical (unpaired) electrons. The number of carboxylic acids is 1. The molecule has 0 aromatic rings. The number of carboxylic acid groups (broad SMARTS) is 1. The molecule has 0 bridgehead atoms. The summed E-state index contributed by atoms with van der Waals surface area (Å²) < 4.78 is 4.74. The molecule has 0 amide bonds. The molecule has 11 heavy (non-hydrogen) atoms. The molecule has 0 unspecified atom stereocenters. The summed E-state index contributed by atoms with van der Waals surface area (Å²) in [4.78, 5) is 13.1. The van der Waals surface area contributed by atoms with Crippen LogP contribution in [-0.2, 0) is 9.53 Å². The smallest absolute Gasteiger partial charge is 0.303 e. The molecule has 0 saturated heterocycles. The lowest BCUT2D eigenvalue weighted by molar-refractivity contribution is -0.136. The highest BCUT2D eigenvalue weighted by atomic mass is 16.5. The van der Waals surface area contributed by atoms with Crippen LogP contribution >= 0.6 is 0 Å². The van der Waals surface area contributed by atoms with Gasteiger partial charge in [-0.2, -0.15) is 0 Å². The molecule has 4 heteroatoms. The van der Waals surface area contributed by atoms with Crippen molar-refractivity contribution in [2.24, 2.45) is 4.99 Å². The lowest BCUT2D eigenvalue weighted by Crippen LogP contribution is -1.90. The van der Waals surface area contributed by atoms with E-state index >= 15 is 0 Å². The Labute approximate surface area is 65.2 Å². The fourth-order valence-corrected chi connectivity index (χ4v) is 0.281. The van der Waals surface area contributed by atoms with Crippen molar-refractivity contribution in [1.82, 2.24) is 0 Å². The molecular weight excluding hydrogens is 146 g/mol. The molecule has 0 spiro atoms. The van der Waals surface area contributed by atoms with Gasteiger partial charge in [-0.15, -0.1) is 0 Å². The molecule has 1 N–H and O–H groups in total. The standard InChI is InChI=1S/C4H5NO.C3H6O2/c1-3-6-4-2-5-1;1-2-3(4)5/h1-3H,4H2;2H2,1H3,(H,4,5). The van der Waals surface area contributed by atoms with E-state index in [1.54, 1.807) is 25.6 Å². The molecule has 4 nitrogen and oxygen atoms in total. The van der Waals surface area contributed by atoms with Gasteiger partial charge in [0, 0.05) is 12.6 Å². The summed E-state index contributed by atoms with van der Waals surface area (Å²) in [7, 11) is 0. The molecular formula is C7H11NO3. The summed E-state index contributed by atoms with van der Waals surface area (Å²) in [5, 5.41) is 7.72. The van der Waals surface area contributed by atoms with Crippen LogP contribution in [0.4, 0.5) is 0 Å². The van der Waals surface area contributed by atoms with E-state index in [1.165, 1.54) is 0 Å². The summed E-state index contributed by atoms with van der Waals surface area (Å²) in [5.74, 6) is -0.745. The van der Waals surface area contributed by atoms with Crippen molar-refractivity contribution >= 4 is 12.2 Å². The third-order valence-electron chi connectivity index (χ3n) is 0.822. The highest BCUT2D eigenvalue weighted by Gasteiger charge is 1.80. The van der Waals surface area contributed by atoms with E-state index in [9.17, 15) is 4.79 Å². The molecule has 1 aliphatic rings. The Morgan fingerprint density at radius 1 is 1.82 bits per heavy atom. The zero-order chi connectivity index (χ0) is 8.53. The van der Waals surface area contributed by atoms with Gasteiger partial charge in [0.25, 0.3) is 0 Å². The number of hydrogen-bond acceptors (Lipinski definition) is 3. The van der Waals surface area contributed by atoms with E-state index in [-0.39, 0.29) is 6.42 Å². The fourth-order valence-electron chi connectivity index (χ4n) is 0.281. The van der Waals surface area contributed by atoms with Crippen LogP contribution in [0.1, 0.15) is 13.3 Å². The van der Waals surface area contributed by atoms with Crippen molar-refractivity contribution in [2.75, 3.05) is 6.61 Å². The van der Waals surface area contributed by atoms with Crippen molar-refractivity contribution in [3.05, 3.63) is 12.5 Å². The fraction of sp³-hybridized carbons (Fsp3) is 0.429. The van der Waals surface area contributed by atoms with Gasteiger partial charge in [-0.05, 0) is 0 Å². The Bertz CT molecular complexity index is 151. The first-order chi connectivity index (χ1) is 5.27. The Hall–Kier alpha value is -1.32. The molecule has 1 aliphatic heterocycles. The Morgan fingerprint density at radius 3 is 2.55 bits per heavy atom. The Morgan fingerprint density at radius 2 is 2.45 bits per heavy atom. The monoisotopic (exact) mass is 157 g/mol. The third-order valence-corrected chi connectivity index (χ3v) is 0.822. The predicted octanol–water partition coefficient (Wildman–Crippen LogP) is 1.04. The SMILES string of the molecule is C1=COCC=N1.CCC(=O)O. The van der Waals surface area contributed by atoms with Crippen molar-refractivity contribution in [3.8, 4) is 0 Å². The third kappa shape index (κ3) is 8.68. The van der Waals surface area contributed by atoms with Gasteiger partial charge in [-0.1, -0.05) is 6.92 Å². The summed E-state index contributed by atoms with van der Waals surface area (Å²) in [6, 6.07) is 0. The summed E-state index contributed by atoms with van der Waals surface area (Å²) in [6.45, 7) is 2.22. The first kappa shape index (κ1) is 9.68. The molecule has 0 saturated carbocycles. The molecule has 0 fully saturated rings. The zero-order valence-electron chi connectivity index (χ0n) is 6.36. The number of carbonyl (C=O) groups is 1. The highest BCUT2D eigenvalue weighted by molar-refractivity contribution is 5.66. The molecule has 0 aromatic heterocycles. The van der Waals surface area contributed by atoms with Crippen LogP contribution in [0.15, 0.2) is 17.5 Å². The van der Waals surface area contributed by atoms with Crippen molar-refractivity contribution in [1.29, 1.82) is 0 Å². The van der Waals surface area contributed by atoms with E-state index in [4.69, 9.17) is 9.84 Å². The molecule has 0 aliphatic carbocycles. The van der Waals surface area contributed by atoms with E-state index in [0.29, 0.717) is 6.61 Å². The Balaban J connectivity index is 0.000000187. The number of nitrogens with zero attached hydrogens (tertiary/aromatic N) is 1. The quantitative estimate of drug-likeness (QED) is 0.618. The van der Waals surface area contributed by atoms with Crippen LogP contribution in [0.3, 0.4) is 0 Å². The number of hydrogen-bond donors (Lipinski definition) is 1. The summed E-state index contributed by atoms with van der Waals surface area (Å²) >= 11 is 0. The number of aliphatic imine (C=N–C) groups is 1. The number of ether oxygens (including phenoxy) is 1. The van der Waals surface area contributed by atoms with Gasteiger partial charge in [0.2, 0.25) is 0 Å². The van der Waals surface area contributed by atoms with Crippen LogP contribution in [0.2, 0.25) is 0 Å². The minimum absolute atomic E-state index is 0.222. The van der Waals surface area contributed by atoms with E-state index < -0.39 is 5.97 Å². The summed E-state index contributed by atoms with van der Waals surface area (Å²) in [6.07, 6.45) is 5.11. The van der Waals surface area contributed by atoms with Gasteiger partial charge in [-0.25, -0.2) is 0 Å². The maximum Gasteiger partial charge on any atom is 0.303 e. The topological polar surface area (TPSA) is 58.9 Å². The van der Waals surface area contributed by atoms with E-state index in [2.05, 4.69) is 4.99 Å². The van der Waals surface area contributed by atoms with Crippen LogP contribution in [0.25, 0.3) is 0 Å². The second-order valence-corrected chi connectivity index (χ2v) is 1.70. The lowest BCUT2D eigenvalue weighted by atomic mass is 10.5. The maximum atomic E-state index is 9.37. The maximum absolute atomic E-state index is 9.37. The molecule has 1 rings (SSSR count). The van der Waals surface area contributed by atoms with Crippen molar-refractivity contribution in [2.45, 2.75) is 13.3 Å². The van der Waals surface area contributed by atoms with Crippen molar-refractivity contribution < 1.29 is 14.6 Å². The molecule has 0 atom stereocenters. The molecule has 62 valence electrons. The second kappa shape index (κ2) is 6.80. The van der Waals surface area contributed by atoms with Crippen LogP contribution < -0.4 is 0 Å². The highest BCUT2D eigenvalue weighted by Crippen LogP contribution is 1.82. The van der Waals surface area contributed by atoms with Gasteiger partial charge in [-0.3, -0.25) is 9.79 Å². The number of aliphatic carboxylic acids is 1. The molecule has 0 aromatic carbocycles. The first-order valence-electron chi connectivity index (χ1n) is 3.27.